The monoisotopic (exact) mass is 308 g/mol. The molecule has 0 aliphatic carbocycles. The lowest BCUT2D eigenvalue weighted by Gasteiger charge is -2.35. The number of aromatic hydroxyl groups is 2. The highest BCUT2D eigenvalue weighted by Crippen LogP contribution is 2.39. The van der Waals surface area contributed by atoms with E-state index in [0.29, 0.717) is 5.39 Å². The standard InChI is InChI=1S/C15H16O7/c16-8-4-5-9(17)12-7(8)2-1-3-11(12)22-14-13(19)10(18)6-21-15(14)20/h1-5,10,13-20H,6H2/t10-,13+,14-,15-/m1/s1. The molecule has 1 aliphatic rings. The van der Waals surface area contributed by atoms with Crippen molar-refractivity contribution in [3.63, 3.8) is 0 Å². The fourth-order valence-electron chi connectivity index (χ4n) is 2.49. The molecule has 7 nitrogen and oxygen atoms in total. The second kappa shape index (κ2) is 5.62. The number of benzene rings is 2. The first-order valence-electron chi connectivity index (χ1n) is 6.75. The molecule has 22 heavy (non-hydrogen) atoms. The van der Waals surface area contributed by atoms with E-state index in [4.69, 9.17) is 9.47 Å². The third-order valence-corrected chi connectivity index (χ3v) is 3.67. The van der Waals surface area contributed by atoms with Crippen LogP contribution in [0.25, 0.3) is 10.8 Å². The first-order chi connectivity index (χ1) is 10.5. The third-order valence-electron chi connectivity index (χ3n) is 3.67. The summed E-state index contributed by atoms with van der Waals surface area (Å²) in [4.78, 5) is 0. The van der Waals surface area contributed by atoms with Crippen molar-refractivity contribution in [2.24, 2.45) is 0 Å². The minimum absolute atomic E-state index is 0.0423. The van der Waals surface area contributed by atoms with Gasteiger partial charge < -0.3 is 35.0 Å². The Hall–Kier alpha value is -2.06. The van der Waals surface area contributed by atoms with E-state index in [-0.39, 0.29) is 29.2 Å². The van der Waals surface area contributed by atoms with Gasteiger partial charge in [0.1, 0.15) is 29.5 Å². The van der Waals surface area contributed by atoms with Crippen molar-refractivity contribution in [3.8, 4) is 17.2 Å². The quantitative estimate of drug-likeness (QED) is 0.498. The Morgan fingerprint density at radius 1 is 1.00 bits per heavy atom. The van der Waals surface area contributed by atoms with E-state index < -0.39 is 24.6 Å². The van der Waals surface area contributed by atoms with Crippen LogP contribution >= 0.6 is 0 Å². The first-order valence-corrected chi connectivity index (χ1v) is 6.75. The molecule has 0 saturated carbocycles. The summed E-state index contributed by atoms with van der Waals surface area (Å²) in [6.07, 6.45) is -5.19. The van der Waals surface area contributed by atoms with Crippen LogP contribution in [-0.4, -0.2) is 56.7 Å². The van der Waals surface area contributed by atoms with Gasteiger partial charge in [-0.3, -0.25) is 0 Å². The SMILES string of the molecule is Oc1ccc(O)c2c(O[C@@H]3[C@@H](O)[C@H](O)CO[C@H]3O)cccc12. The second-order valence-electron chi connectivity index (χ2n) is 5.15. The van der Waals surface area contributed by atoms with Gasteiger partial charge in [-0.1, -0.05) is 12.1 Å². The van der Waals surface area contributed by atoms with E-state index in [1.807, 2.05) is 0 Å². The van der Waals surface area contributed by atoms with E-state index >= 15 is 0 Å². The van der Waals surface area contributed by atoms with Gasteiger partial charge in [0.05, 0.1) is 12.0 Å². The van der Waals surface area contributed by atoms with Crippen LogP contribution in [0.5, 0.6) is 17.2 Å². The zero-order chi connectivity index (χ0) is 15.9. The molecule has 3 rings (SSSR count). The second-order valence-corrected chi connectivity index (χ2v) is 5.15. The normalized spacial score (nSPS) is 28.7. The number of hydrogen-bond acceptors (Lipinski definition) is 7. The smallest absolute Gasteiger partial charge is 0.195 e. The van der Waals surface area contributed by atoms with E-state index in [1.165, 1.54) is 18.2 Å². The fourth-order valence-corrected chi connectivity index (χ4v) is 2.49. The Kier molecular flexibility index (Phi) is 3.79. The summed E-state index contributed by atoms with van der Waals surface area (Å²) in [7, 11) is 0. The summed E-state index contributed by atoms with van der Waals surface area (Å²) in [5, 5.41) is 49.8. The molecule has 0 radical (unpaired) electrons. The van der Waals surface area contributed by atoms with E-state index in [0.717, 1.165) is 0 Å². The summed E-state index contributed by atoms with van der Waals surface area (Å²) in [6, 6.07) is 7.36. The highest BCUT2D eigenvalue weighted by molar-refractivity contribution is 5.97. The summed E-state index contributed by atoms with van der Waals surface area (Å²) in [6.45, 7) is -0.205. The summed E-state index contributed by atoms with van der Waals surface area (Å²) >= 11 is 0. The van der Waals surface area contributed by atoms with Crippen molar-refractivity contribution in [2.75, 3.05) is 6.61 Å². The number of aliphatic hydroxyl groups is 3. The molecular formula is C15H16O7. The van der Waals surface area contributed by atoms with Crippen molar-refractivity contribution < 1.29 is 35.0 Å². The highest BCUT2D eigenvalue weighted by atomic mass is 16.6. The Morgan fingerprint density at radius 2 is 1.73 bits per heavy atom. The number of phenolic OH excluding ortho intramolecular Hbond substituents is 2. The summed E-state index contributed by atoms with van der Waals surface area (Å²) < 4.78 is 10.5. The van der Waals surface area contributed by atoms with Crippen LogP contribution in [0, 0.1) is 0 Å². The Morgan fingerprint density at radius 3 is 2.50 bits per heavy atom. The lowest BCUT2D eigenvalue weighted by atomic mass is 10.0. The number of ether oxygens (including phenoxy) is 2. The van der Waals surface area contributed by atoms with Gasteiger partial charge in [0.15, 0.2) is 12.4 Å². The molecule has 0 amide bonds. The van der Waals surface area contributed by atoms with Crippen molar-refractivity contribution in [1.29, 1.82) is 0 Å². The lowest BCUT2D eigenvalue weighted by molar-refractivity contribution is -0.244. The minimum atomic E-state index is -1.42. The fraction of sp³-hybridized carbons (Fsp3) is 0.333. The molecule has 0 aromatic heterocycles. The topological polar surface area (TPSA) is 120 Å². The molecule has 118 valence electrons. The van der Waals surface area contributed by atoms with Crippen LogP contribution in [0.2, 0.25) is 0 Å². The van der Waals surface area contributed by atoms with Crippen molar-refractivity contribution in [2.45, 2.75) is 24.6 Å². The molecule has 2 aromatic rings. The number of hydrogen-bond donors (Lipinski definition) is 5. The Balaban J connectivity index is 2.02. The molecule has 5 N–H and O–H groups in total. The lowest BCUT2D eigenvalue weighted by Crippen LogP contribution is -2.55. The highest BCUT2D eigenvalue weighted by Gasteiger charge is 2.40. The van der Waals surface area contributed by atoms with Crippen LogP contribution in [0.1, 0.15) is 0 Å². The van der Waals surface area contributed by atoms with Crippen molar-refractivity contribution in [3.05, 3.63) is 30.3 Å². The van der Waals surface area contributed by atoms with Gasteiger partial charge in [0.2, 0.25) is 0 Å². The average Bonchev–Trinajstić information content (AvgIpc) is 2.51. The van der Waals surface area contributed by atoms with E-state index in [9.17, 15) is 25.5 Å². The first kappa shape index (κ1) is 14.9. The molecule has 1 aliphatic heterocycles. The number of phenols is 2. The molecule has 1 fully saturated rings. The van der Waals surface area contributed by atoms with Gasteiger partial charge in [-0.05, 0) is 18.2 Å². The largest absolute Gasteiger partial charge is 0.507 e. The minimum Gasteiger partial charge on any atom is -0.507 e. The molecule has 1 saturated heterocycles. The summed E-state index contributed by atoms with van der Waals surface area (Å²) in [5.74, 6) is -0.0179. The number of rotatable bonds is 2. The van der Waals surface area contributed by atoms with Gasteiger partial charge in [0.25, 0.3) is 0 Å². The van der Waals surface area contributed by atoms with Crippen molar-refractivity contribution in [1.82, 2.24) is 0 Å². The maximum absolute atomic E-state index is 9.99. The molecular weight excluding hydrogens is 292 g/mol. The molecule has 0 spiro atoms. The predicted molar refractivity (Wildman–Crippen MR) is 75.7 cm³/mol. The molecule has 0 unspecified atom stereocenters. The number of aliphatic hydroxyl groups excluding tert-OH is 3. The van der Waals surface area contributed by atoms with Crippen LogP contribution < -0.4 is 4.74 Å². The van der Waals surface area contributed by atoms with Gasteiger partial charge >= 0.3 is 0 Å². The van der Waals surface area contributed by atoms with Crippen LogP contribution in [0.4, 0.5) is 0 Å². The van der Waals surface area contributed by atoms with Crippen molar-refractivity contribution >= 4 is 10.8 Å². The molecule has 0 bridgehead atoms. The zero-order valence-corrected chi connectivity index (χ0v) is 11.5. The van der Waals surface area contributed by atoms with Crippen LogP contribution in [0.3, 0.4) is 0 Å². The molecule has 1 heterocycles. The number of fused-ring (bicyclic) bond motifs is 1. The average molecular weight is 308 g/mol. The Labute approximate surface area is 125 Å². The van der Waals surface area contributed by atoms with Crippen LogP contribution in [-0.2, 0) is 4.74 Å². The molecule has 2 aromatic carbocycles. The summed E-state index contributed by atoms with van der Waals surface area (Å²) in [5.41, 5.74) is 0. The van der Waals surface area contributed by atoms with Gasteiger partial charge in [0, 0.05) is 5.39 Å². The third kappa shape index (κ3) is 2.44. The Bertz CT molecular complexity index is 687. The van der Waals surface area contributed by atoms with Gasteiger partial charge in [-0.15, -0.1) is 0 Å². The maximum Gasteiger partial charge on any atom is 0.195 e. The maximum atomic E-state index is 9.99. The van der Waals surface area contributed by atoms with Gasteiger partial charge in [-0.2, -0.15) is 0 Å². The molecule has 4 atom stereocenters. The van der Waals surface area contributed by atoms with E-state index in [2.05, 4.69) is 0 Å². The zero-order valence-electron chi connectivity index (χ0n) is 11.5. The molecule has 7 heteroatoms. The van der Waals surface area contributed by atoms with Crippen LogP contribution in [0.15, 0.2) is 30.3 Å². The predicted octanol–water partition coefficient (Wildman–Crippen LogP) is 0.0688. The van der Waals surface area contributed by atoms with Gasteiger partial charge in [-0.25, -0.2) is 0 Å². The van der Waals surface area contributed by atoms with E-state index in [1.54, 1.807) is 12.1 Å².